The fraction of sp³-hybridized carbons (Fsp3) is 0.571. The summed E-state index contributed by atoms with van der Waals surface area (Å²) in [6, 6.07) is 8.50. The van der Waals surface area contributed by atoms with Gasteiger partial charge in [0.25, 0.3) is 0 Å². The number of rotatable bonds is 3. The zero-order valence-electron chi connectivity index (χ0n) is 11.4. The van der Waals surface area contributed by atoms with E-state index in [-0.39, 0.29) is 5.04 Å². The highest BCUT2D eigenvalue weighted by atomic mass is 28.4. The van der Waals surface area contributed by atoms with Gasteiger partial charge in [-0.05, 0) is 42.2 Å². The highest BCUT2D eigenvalue weighted by Gasteiger charge is 2.38. The van der Waals surface area contributed by atoms with Gasteiger partial charge in [-0.3, -0.25) is 0 Å². The first-order valence-corrected chi connectivity index (χ1v) is 8.95. The highest BCUT2D eigenvalue weighted by molar-refractivity contribution is 6.74. The van der Waals surface area contributed by atoms with Crippen LogP contribution in [0.2, 0.25) is 18.1 Å². The van der Waals surface area contributed by atoms with Crippen molar-refractivity contribution in [1.29, 1.82) is 0 Å². The topological polar surface area (TPSA) is 9.23 Å². The maximum Gasteiger partial charge on any atom is 0.250 e. The molecule has 0 N–H and O–H groups in total. The van der Waals surface area contributed by atoms with Crippen molar-refractivity contribution in [3.8, 4) is 5.75 Å². The van der Waals surface area contributed by atoms with E-state index < -0.39 is 8.32 Å². The predicted octanol–water partition coefficient (Wildman–Crippen LogP) is 4.63. The molecule has 0 heterocycles. The first-order chi connectivity index (χ1) is 7.26. The van der Waals surface area contributed by atoms with Crippen molar-refractivity contribution in [2.75, 3.05) is 0 Å². The van der Waals surface area contributed by atoms with E-state index >= 15 is 0 Å². The Morgan fingerprint density at radius 3 is 1.94 bits per heavy atom. The third kappa shape index (κ3) is 3.11. The fourth-order valence-electron chi connectivity index (χ4n) is 1.24. The van der Waals surface area contributed by atoms with Crippen molar-refractivity contribution in [3.63, 3.8) is 0 Å². The molecule has 0 aromatic heterocycles. The molecule has 0 spiro atoms. The Labute approximate surface area is 101 Å². The van der Waals surface area contributed by atoms with Crippen LogP contribution in [0.15, 0.2) is 24.3 Å². The Hall–Kier alpha value is -0.763. The van der Waals surface area contributed by atoms with Gasteiger partial charge in [-0.1, -0.05) is 39.8 Å². The molecular weight excluding hydrogens is 212 g/mol. The van der Waals surface area contributed by atoms with Gasteiger partial charge in [0.15, 0.2) is 0 Å². The summed E-state index contributed by atoms with van der Waals surface area (Å²) in [5.74, 6) is 1.02. The lowest BCUT2D eigenvalue weighted by atomic mass is 10.2. The first-order valence-electron chi connectivity index (χ1n) is 6.04. The lowest BCUT2D eigenvalue weighted by Gasteiger charge is -2.36. The molecule has 0 saturated carbocycles. The Morgan fingerprint density at radius 1 is 1.06 bits per heavy atom. The zero-order valence-corrected chi connectivity index (χ0v) is 12.4. The van der Waals surface area contributed by atoms with Gasteiger partial charge in [0.05, 0.1) is 0 Å². The molecule has 0 saturated heterocycles. The van der Waals surface area contributed by atoms with E-state index in [2.05, 4.69) is 65.1 Å². The third-order valence-electron chi connectivity index (χ3n) is 3.51. The molecule has 1 rings (SSSR count). The first kappa shape index (κ1) is 13.3. The summed E-state index contributed by atoms with van der Waals surface area (Å²) in [5, 5.41) is 0.260. The Morgan fingerprint density at radius 2 is 1.56 bits per heavy atom. The zero-order chi connectivity index (χ0) is 12.4. The standard InChI is InChI=1S/C14H24OSi/c1-7-12-8-10-13(11-9-12)15-16(5,6)14(2,3)4/h8-11H,7H2,1-6H3. The smallest absolute Gasteiger partial charge is 0.250 e. The van der Waals surface area contributed by atoms with Crippen molar-refractivity contribution < 1.29 is 4.43 Å². The Bertz CT molecular complexity index is 333. The second-order valence-electron chi connectivity index (χ2n) is 5.86. The molecule has 1 aromatic carbocycles. The molecule has 0 aliphatic heterocycles. The second-order valence-corrected chi connectivity index (χ2v) is 10.6. The molecule has 90 valence electrons. The minimum atomic E-state index is -1.67. The molecule has 1 aromatic rings. The summed E-state index contributed by atoms with van der Waals surface area (Å²) in [5.41, 5.74) is 1.36. The van der Waals surface area contributed by atoms with E-state index in [1.807, 2.05) is 0 Å². The van der Waals surface area contributed by atoms with Crippen LogP contribution in [-0.2, 0) is 6.42 Å². The molecule has 0 aliphatic rings. The van der Waals surface area contributed by atoms with Crippen LogP contribution in [0.3, 0.4) is 0 Å². The van der Waals surface area contributed by atoms with E-state index in [9.17, 15) is 0 Å². The highest BCUT2D eigenvalue weighted by Crippen LogP contribution is 2.37. The Balaban J connectivity index is 2.80. The van der Waals surface area contributed by atoms with Crippen LogP contribution < -0.4 is 4.43 Å². The van der Waals surface area contributed by atoms with Crippen LogP contribution in [0.25, 0.3) is 0 Å². The molecule has 1 nitrogen and oxygen atoms in total. The maximum atomic E-state index is 6.20. The van der Waals surface area contributed by atoms with Gasteiger partial charge in [-0.25, -0.2) is 0 Å². The van der Waals surface area contributed by atoms with E-state index in [1.54, 1.807) is 0 Å². The minimum absolute atomic E-state index is 0.260. The SMILES string of the molecule is CCc1ccc(O[Si](C)(C)C(C)(C)C)cc1. The lowest BCUT2D eigenvalue weighted by Crippen LogP contribution is -2.43. The van der Waals surface area contributed by atoms with Crippen LogP contribution in [0.4, 0.5) is 0 Å². The van der Waals surface area contributed by atoms with Gasteiger partial charge in [0.2, 0.25) is 8.32 Å². The van der Waals surface area contributed by atoms with Gasteiger partial charge in [-0.15, -0.1) is 0 Å². The molecule has 0 aliphatic carbocycles. The van der Waals surface area contributed by atoms with Gasteiger partial charge in [-0.2, -0.15) is 0 Å². The second kappa shape index (κ2) is 4.62. The summed E-state index contributed by atoms with van der Waals surface area (Å²) in [7, 11) is -1.67. The number of benzene rings is 1. The molecule has 0 bridgehead atoms. The summed E-state index contributed by atoms with van der Waals surface area (Å²) in [4.78, 5) is 0. The van der Waals surface area contributed by atoms with Crippen molar-refractivity contribution in [3.05, 3.63) is 29.8 Å². The molecule has 2 heteroatoms. The van der Waals surface area contributed by atoms with Gasteiger partial charge < -0.3 is 4.43 Å². The molecule has 0 radical (unpaired) electrons. The normalized spacial score (nSPS) is 12.6. The molecule has 16 heavy (non-hydrogen) atoms. The van der Waals surface area contributed by atoms with Crippen LogP contribution in [0, 0.1) is 0 Å². The summed E-state index contributed by atoms with van der Waals surface area (Å²) in [6.45, 7) is 13.5. The largest absolute Gasteiger partial charge is 0.544 e. The minimum Gasteiger partial charge on any atom is -0.544 e. The number of hydrogen-bond donors (Lipinski definition) is 0. The van der Waals surface area contributed by atoms with Crippen molar-refractivity contribution in [2.24, 2.45) is 0 Å². The monoisotopic (exact) mass is 236 g/mol. The number of hydrogen-bond acceptors (Lipinski definition) is 1. The van der Waals surface area contributed by atoms with Gasteiger partial charge >= 0.3 is 0 Å². The third-order valence-corrected chi connectivity index (χ3v) is 7.87. The molecule has 0 atom stereocenters. The van der Waals surface area contributed by atoms with E-state index in [1.165, 1.54) is 5.56 Å². The molecule has 0 unspecified atom stereocenters. The van der Waals surface area contributed by atoms with Crippen molar-refractivity contribution in [1.82, 2.24) is 0 Å². The summed E-state index contributed by atoms with van der Waals surface area (Å²) < 4.78 is 6.20. The van der Waals surface area contributed by atoms with Gasteiger partial charge in [0.1, 0.15) is 5.75 Å². The van der Waals surface area contributed by atoms with Crippen LogP contribution >= 0.6 is 0 Å². The average molecular weight is 236 g/mol. The van der Waals surface area contributed by atoms with Crippen LogP contribution in [0.1, 0.15) is 33.3 Å². The quantitative estimate of drug-likeness (QED) is 0.695. The Kier molecular flexibility index (Phi) is 3.84. The van der Waals surface area contributed by atoms with Gasteiger partial charge in [0, 0.05) is 0 Å². The molecule has 0 amide bonds. The number of aryl methyl sites for hydroxylation is 1. The lowest BCUT2D eigenvalue weighted by molar-refractivity contribution is 0.492. The molecule has 0 fully saturated rings. The van der Waals surface area contributed by atoms with Crippen molar-refractivity contribution >= 4 is 8.32 Å². The van der Waals surface area contributed by atoms with Crippen molar-refractivity contribution in [2.45, 2.75) is 52.2 Å². The van der Waals surface area contributed by atoms with Crippen LogP contribution in [-0.4, -0.2) is 8.32 Å². The summed E-state index contributed by atoms with van der Waals surface area (Å²) in [6.07, 6.45) is 1.08. The average Bonchev–Trinajstić information content (AvgIpc) is 2.16. The predicted molar refractivity (Wildman–Crippen MR) is 73.6 cm³/mol. The maximum absolute atomic E-state index is 6.20. The van der Waals surface area contributed by atoms with E-state index in [0.29, 0.717) is 0 Å². The van der Waals surface area contributed by atoms with Crippen LogP contribution in [0.5, 0.6) is 5.75 Å². The van der Waals surface area contributed by atoms with E-state index in [4.69, 9.17) is 4.43 Å². The molecular formula is C14H24OSi. The van der Waals surface area contributed by atoms with E-state index in [0.717, 1.165) is 12.2 Å². The summed E-state index contributed by atoms with van der Waals surface area (Å²) >= 11 is 0. The fourth-order valence-corrected chi connectivity index (χ4v) is 2.27.